The third-order valence-electron chi connectivity index (χ3n) is 7.18. The molecule has 2 heterocycles. The number of amides is 1. The Balaban J connectivity index is 1.44. The van der Waals surface area contributed by atoms with Gasteiger partial charge in [-0.2, -0.15) is 0 Å². The van der Waals surface area contributed by atoms with E-state index in [4.69, 9.17) is 4.74 Å². The summed E-state index contributed by atoms with van der Waals surface area (Å²) in [4.78, 5) is 32.8. The Labute approximate surface area is 231 Å². The van der Waals surface area contributed by atoms with Gasteiger partial charge in [-0.25, -0.2) is 0 Å². The van der Waals surface area contributed by atoms with Gasteiger partial charge in [0.15, 0.2) is 0 Å². The summed E-state index contributed by atoms with van der Waals surface area (Å²) in [5, 5.41) is 13.3. The Kier molecular flexibility index (Phi) is 6.58. The molecule has 1 amide bonds. The molecular weight excluding hydrogens is 500 g/mol. The quantitative estimate of drug-likeness (QED) is 0.150. The van der Waals surface area contributed by atoms with Crippen molar-refractivity contribution in [1.29, 1.82) is 0 Å². The van der Waals surface area contributed by atoms with E-state index in [1.54, 1.807) is 42.7 Å². The van der Waals surface area contributed by atoms with Crippen LogP contribution in [0.2, 0.25) is 0 Å². The summed E-state index contributed by atoms with van der Waals surface area (Å²) >= 11 is 0. The van der Waals surface area contributed by atoms with E-state index in [-0.39, 0.29) is 11.3 Å². The number of anilines is 1. The van der Waals surface area contributed by atoms with Crippen LogP contribution in [0, 0.1) is 6.92 Å². The molecule has 1 aliphatic rings. The minimum atomic E-state index is -0.830. The van der Waals surface area contributed by atoms with E-state index in [2.05, 4.69) is 4.98 Å². The monoisotopic (exact) mass is 526 g/mol. The number of aryl methyl sites for hydroxylation is 1. The minimum Gasteiger partial charge on any atom is -0.507 e. The van der Waals surface area contributed by atoms with Gasteiger partial charge in [-0.15, -0.1) is 0 Å². The lowest BCUT2D eigenvalue weighted by Gasteiger charge is -2.26. The number of Topliss-reactive ketones (excluding diaryl/α,β-unsaturated/α-hetero) is 1. The number of aromatic nitrogens is 1. The molecule has 1 N–H and O–H groups in total. The minimum absolute atomic E-state index is 0.0292. The molecule has 0 spiro atoms. The second kappa shape index (κ2) is 10.5. The molecule has 1 unspecified atom stereocenters. The molecule has 5 aromatic rings. The second-order valence-electron chi connectivity index (χ2n) is 9.70. The van der Waals surface area contributed by atoms with Gasteiger partial charge in [0.05, 0.1) is 17.3 Å². The van der Waals surface area contributed by atoms with Crippen LogP contribution in [0.3, 0.4) is 0 Å². The highest BCUT2D eigenvalue weighted by atomic mass is 16.5. The van der Waals surface area contributed by atoms with Crippen LogP contribution in [0.1, 0.15) is 28.3 Å². The summed E-state index contributed by atoms with van der Waals surface area (Å²) < 4.78 is 5.99. The molecule has 6 nitrogen and oxygen atoms in total. The SMILES string of the molecule is Cc1cc(/C(O)=C2\C(=O)C(=O)N(c3cccc4ccccc34)C2c2ccncc2)ccc1OCc1ccccc1. The third kappa shape index (κ3) is 4.50. The maximum atomic E-state index is 13.6. The van der Waals surface area contributed by atoms with Gasteiger partial charge in [-0.05, 0) is 65.4 Å². The molecule has 0 aliphatic carbocycles. The number of ketones is 1. The molecule has 1 atom stereocenters. The fraction of sp³-hybridized carbons (Fsp3) is 0.0882. The highest BCUT2D eigenvalue weighted by molar-refractivity contribution is 6.52. The number of aliphatic hydroxyl groups is 1. The molecule has 0 radical (unpaired) electrons. The standard InChI is InChI=1S/C34H26N2O4/c1-22-20-26(14-15-29(22)40-21-23-8-3-2-4-9-23)32(37)30-31(25-16-18-35-19-17-25)36(34(39)33(30)38)28-13-7-11-24-10-5-6-12-27(24)28/h2-20,31,37H,21H2,1H3/b32-30+. The lowest BCUT2D eigenvalue weighted by atomic mass is 9.95. The zero-order valence-corrected chi connectivity index (χ0v) is 21.8. The van der Waals surface area contributed by atoms with Gasteiger partial charge < -0.3 is 9.84 Å². The normalized spacial score (nSPS) is 16.4. The maximum absolute atomic E-state index is 13.6. The van der Waals surface area contributed by atoms with Crippen LogP contribution < -0.4 is 9.64 Å². The van der Waals surface area contributed by atoms with E-state index in [9.17, 15) is 14.7 Å². The Morgan fingerprint density at radius 3 is 2.38 bits per heavy atom. The van der Waals surface area contributed by atoms with Crippen molar-refractivity contribution < 1.29 is 19.4 Å². The van der Waals surface area contributed by atoms with Gasteiger partial charge in [0, 0.05) is 23.3 Å². The molecule has 1 aliphatic heterocycles. The number of hydrogen-bond acceptors (Lipinski definition) is 5. The summed E-state index contributed by atoms with van der Waals surface area (Å²) in [7, 11) is 0. The number of carbonyl (C=O) groups is 2. The number of pyridine rings is 1. The van der Waals surface area contributed by atoms with E-state index >= 15 is 0 Å². The molecule has 1 fully saturated rings. The average molecular weight is 527 g/mol. The molecule has 1 saturated heterocycles. The number of fused-ring (bicyclic) bond motifs is 1. The first-order valence-corrected chi connectivity index (χ1v) is 13.0. The Hall–Kier alpha value is -5.23. The van der Waals surface area contributed by atoms with E-state index in [1.807, 2.05) is 79.7 Å². The van der Waals surface area contributed by atoms with Crippen molar-refractivity contribution in [2.24, 2.45) is 0 Å². The first kappa shape index (κ1) is 25.1. The molecule has 0 bridgehead atoms. The first-order chi connectivity index (χ1) is 19.5. The molecule has 6 rings (SSSR count). The molecule has 1 aromatic heterocycles. The van der Waals surface area contributed by atoms with Gasteiger partial charge in [-0.3, -0.25) is 19.5 Å². The number of nitrogens with zero attached hydrogens (tertiary/aromatic N) is 2. The van der Waals surface area contributed by atoms with Crippen molar-refractivity contribution in [2.45, 2.75) is 19.6 Å². The van der Waals surface area contributed by atoms with Crippen LogP contribution in [0.4, 0.5) is 5.69 Å². The second-order valence-corrected chi connectivity index (χ2v) is 9.70. The predicted octanol–water partition coefficient (Wildman–Crippen LogP) is 6.75. The van der Waals surface area contributed by atoms with Crippen LogP contribution in [0.25, 0.3) is 16.5 Å². The molecule has 0 saturated carbocycles. The van der Waals surface area contributed by atoms with Gasteiger partial charge in [0.2, 0.25) is 0 Å². The summed E-state index contributed by atoms with van der Waals surface area (Å²) in [5.41, 5.74) is 3.56. The highest BCUT2D eigenvalue weighted by Gasteiger charge is 2.47. The number of ether oxygens (including phenoxy) is 1. The van der Waals surface area contributed by atoms with Crippen molar-refractivity contribution in [3.05, 3.63) is 143 Å². The fourth-order valence-corrected chi connectivity index (χ4v) is 5.21. The lowest BCUT2D eigenvalue weighted by molar-refractivity contribution is -0.132. The zero-order valence-electron chi connectivity index (χ0n) is 21.8. The summed E-state index contributed by atoms with van der Waals surface area (Å²) in [6.45, 7) is 2.29. The summed E-state index contributed by atoms with van der Waals surface area (Å²) in [6, 6.07) is 31.1. The molecular formula is C34H26N2O4. The van der Waals surface area contributed by atoms with E-state index < -0.39 is 17.7 Å². The van der Waals surface area contributed by atoms with Crippen LogP contribution in [0.5, 0.6) is 5.75 Å². The van der Waals surface area contributed by atoms with Crippen LogP contribution in [0.15, 0.2) is 121 Å². The van der Waals surface area contributed by atoms with E-state index in [1.165, 1.54) is 4.90 Å². The third-order valence-corrected chi connectivity index (χ3v) is 7.18. The van der Waals surface area contributed by atoms with Crippen molar-refractivity contribution in [3.8, 4) is 5.75 Å². The number of carbonyl (C=O) groups excluding carboxylic acids is 2. The van der Waals surface area contributed by atoms with Gasteiger partial charge in [0.1, 0.15) is 18.1 Å². The number of rotatable bonds is 6. The highest BCUT2D eigenvalue weighted by Crippen LogP contribution is 2.44. The fourth-order valence-electron chi connectivity index (χ4n) is 5.21. The predicted molar refractivity (Wildman–Crippen MR) is 155 cm³/mol. The molecule has 196 valence electrons. The number of benzene rings is 4. The zero-order chi connectivity index (χ0) is 27.6. The number of hydrogen-bond donors (Lipinski definition) is 1. The van der Waals surface area contributed by atoms with Gasteiger partial charge in [0.25, 0.3) is 11.7 Å². The van der Waals surface area contributed by atoms with Crippen molar-refractivity contribution in [2.75, 3.05) is 4.90 Å². The molecule has 6 heteroatoms. The first-order valence-electron chi connectivity index (χ1n) is 13.0. The van der Waals surface area contributed by atoms with Gasteiger partial charge >= 0.3 is 0 Å². The lowest BCUT2D eigenvalue weighted by Crippen LogP contribution is -2.29. The number of aliphatic hydroxyl groups excluding tert-OH is 1. The van der Waals surface area contributed by atoms with Crippen LogP contribution in [-0.2, 0) is 16.2 Å². The summed E-state index contributed by atoms with van der Waals surface area (Å²) in [6.07, 6.45) is 3.23. The average Bonchev–Trinajstić information content (AvgIpc) is 3.26. The van der Waals surface area contributed by atoms with Crippen LogP contribution >= 0.6 is 0 Å². The molecule has 4 aromatic carbocycles. The Bertz CT molecular complexity index is 1760. The topological polar surface area (TPSA) is 79.7 Å². The smallest absolute Gasteiger partial charge is 0.300 e. The Morgan fingerprint density at radius 2 is 1.60 bits per heavy atom. The molecule has 40 heavy (non-hydrogen) atoms. The van der Waals surface area contributed by atoms with Gasteiger partial charge in [-0.1, -0.05) is 66.7 Å². The maximum Gasteiger partial charge on any atom is 0.300 e. The van der Waals surface area contributed by atoms with Crippen molar-refractivity contribution >= 4 is 33.9 Å². The van der Waals surface area contributed by atoms with Crippen molar-refractivity contribution in [1.82, 2.24) is 4.98 Å². The largest absolute Gasteiger partial charge is 0.507 e. The van der Waals surface area contributed by atoms with E-state index in [0.717, 1.165) is 21.9 Å². The van der Waals surface area contributed by atoms with E-state index in [0.29, 0.717) is 29.2 Å². The van der Waals surface area contributed by atoms with Crippen LogP contribution in [-0.4, -0.2) is 21.8 Å². The Morgan fingerprint density at radius 1 is 0.875 bits per heavy atom. The summed E-state index contributed by atoms with van der Waals surface area (Å²) in [5.74, 6) is -1.00. The van der Waals surface area contributed by atoms with Crippen molar-refractivity contribution in [3.63, 3.8) is 0 Å².